The lowest BCUT2D eigenvalue weighted by Gasteiger charge is -2.04. The zero-order valence-electron chi connectivity index (χ0n) is 14.5. The minimum absolute atomic E-state index is 0.213. The maximum absolute atomic E-state index is 11.4. The summed E-state index contributed by atoms with van der Waals surface area (Å²) in [4.78, 5) is 11.4. The van der Waals surface area contributed by atoms with Crippen molar-refractivity contribution < 1.29 is 4.79 Å². The van der Waals surface area contributed by atoms with Crippen molar-refractivity contribution in [1.82, 2.24) is 0 Å². The van der Waals surface area contributed by atoms with Gasteiger partial charge in [0.25, 0.3) is 0 Å². The standard InChI is InChI=1S/C19H37NO/c1-3-5-7-9-11-13-15-17-18(19(20)21)16-14-12-10-8-6-4-2/h17H,3-16H2,1-2H3,(H2,20,21)/b18-17-. The van der Waals surface area contributed by atoms with Crippen molar-refractivity contribution in [2.45, 2.75) is 104 Å². The average Bonchev–Trinajstić information content (AvgIpc) is 2.47. The van der Waals surface area contributed by atoms with Gasteiger partial charge in [0.1, 0.15) is 0 Å². The molecule has 0 aromatic carbocycles. The third-order valence-corrected chi connectivity index (χ3v) is 4.06. The molecule has 0 rings (SSSR count). The van der Waals surface area contributed by atoms with Gasteiger partial charge in [-0.2, -0.15) is 0 Å². The summed E-state index contributed by atoms with van der Waals surface area (Å²) in [6, 6.07) is 0. The predicted molar refractivity (Wildman–Crippen MR) is 93.3 cm³/mol. The maximum atomic E-state index is 11.4. The molecule has 0 bridgehead atoms. The molecule has 0 aromatic heterocycles. The van der Waals surface area contributed by atoms with Gasteiger partial charge in [-0.3, -0.25) is 4.79 Å². The lowest BCUT2D eigenvalue weighted by molar-refractivity contribution is -0.114. The summed E-state index contributed by atoms with van der Waals surface area (Å²) < 4.78 is 0. The van der Waals surface area contributed by atoms with Crippen LogP contribution in [0.25, 0.3) is 0 Å². The third kappa shape index (κ3) is 13.9. The number of rotatable bonds is 15. The van der Waals surface area contributed by atoms with Crippen LogP contribution in [0.4, 0.5) is 0 Å². The highest BCUT2D eigenvalue weighted by atomic mass is 16.1. The van der Waals surface area contributed by atoms with Gasteiger partial charge in [0, 0.05) is 5.57 Å². The molecule has 0 aliphatic heterocycles. The molecule has 0 aliphatic carbocycles. The molecule has 0 unspecified atom stereocenters. The summed E-state index contributed by atoms with van der Waals surface area (Å²) in [5.74, 6) is -0.213. The van der Waals surface area contributed by atoms with E-state index in [0.29, 0.717) is 0 Å². The smallest absolute Gasteiger partial charge is 0.244 e. The van der Waals surface area contributed by atoms with Crippen molar-refractivity contribution >= 4 is 5.91 Å². The second kappa shape index (κ2) is 15.6. The molecule has 0 saturated carbocycles. The largest absolute Gasteiger partial charge is 0.366 e. The lowest BCUT2D eigenvalue weighted by Crippen LogP contribution is -2.14. The number of unbranched alkanes of at least 4 members (excludes halogenated alkanes) is 11. The Morgan fingerprint density at radius 3 is 1.76 bits per heavy atom. The molecule has 2 heteroatoms. The summed E-state index contributed by atoms with van der Waals surface area (Å²) in [6.45, 7) is 4.47. The van der Waals surface area contributed by atoms with Crippen LogP contribution < -0.4 is 5.73 Å². The van der Waals surface area contributed by atoms with Crippen LogP contribution in [0.2, 0.25) is 0 Å². The van der Waals surface area contributed by atoms with E-state index in [-0.39, 0.29) is 5.91 Å². The Morgan fingerprint density at radius 1 is 0.762 bits per heavy atom. The van der Waals surface area contributed by atoms with E-state index in [2.05, 4.69) is 19.9 Å². The molecule has 0 radical (unpaired) electrons. The first-order chi connectivity index (χ1) is 10.2. The fourth-order valence-corrected chi connectivity index (χ4v) is 2.62. The lowest BCUT2D eigenvalue weighted by atomic mass is 10.0. The highest BCUT2D eigenvalue weighted by Gasteiger charge is 2.04. The van der Waals surface area contributed by atoms with Crippen LogP contribution in [-0.4, -0.2) is 5.91 Å². The summed E-state index contributed by atoms with van der Waals surface area (Å²) in [5.41, 5.74) is 6.33. The van der Waals surface area contributed by atoms with E-state index in [0.717, 1.165) is 24.8 Å². The molecule has 0 aromatic rings. The first-order valence-electron chi connectivity index (χ1n) is 9.21. The molecule has 0 aliphatic rings. The van der Waals surface area contributed by atoms with Gasteiger partial charge in [0.05, 0.1) is 0 Å². The van der Waals surface area contributed by atoms with Crippen molar-refractivity contribution in [2.24, 2.45) is 5.73 Å². The van der Waals surface area contributed by atoms with Crippen molar-refractivity contribution in [1.29, 1.82) is 0 Å². The molecular weight excluding hydrogens is 258 g/mol. The van der Waals surface area contributed by atoms with Crippen LogP contribution in [0.3, 0.4) is 0 Å². The molecule has 0 spiro atoms. The van der Waals surface area contributed by atoms with E-state index in [1.54, 1.807) is 0 Å². The molecule has 0 fully saturated rings. The van der Waals surface area contributed by atoms with Gasteiger partial charge in [-0.05, 0) is 25.7 Å². The van der Waals surface area contributed by atoms with Crippen LogP contribution in [0.5, 0.6) is 0 Å². The number of allylic oxidation sites excluding steroid dienone is 1. The Hall–Kier alpha value is -0.790. The number of nitrogens with two attached hydrogens (primary N) is 1. The monoisotopic (exact) mass is 295 g/mol. The Balaban J connectivity index is 3.69. The van der Waals surface area contributed by atoms with Crippen molar-refractivity contribution in [3.63, 3.8) is 0 Å². The summed E-state index contributed by atoms with van der Waals surface area (Å²) in [7, 11) is 0. The van der Waals surface area contributed by atoms with Gasteiger partial charge in [0.15, 0.2) is 0 Å². The molecule has 0 atom stereocenters. The highest BCUT2D eigenvalue weighted by molar-refractivity contribution is 5.91. The number of hydrogen-bond donors (Lipinski definition) is 1. The van der Waals surface area contributed by atoms with Gasteiger partial charge in [-0.25, -0.2) is 0 Å². The predicted octanol–water partition coefficient (Wildman–Crippen LogP) is 5.90. The Labute approximate surface area is 132 Å². The molecule has 21 heavy (non-hydrogen) atoms. The van der Waals surface area contributed by atoms with Crippen LogP contribution in [0, 0.1) is 0 Å². The number of carbonyl (C=O) groups is 1. The SMILES string of the molecule is CCCCCCCC/C=C(/CCCCCCCC)C(N)=O. The molecule has 0 heterocycles. The first-order valence-corrected chi connectivity index (χ1v) is 9.21. The van der Waals surface area contributed by atoms with Crippen LogP contribution in [-0.2, 0) is 4.79 Å². The van der Waals surface area contributed by atoms with Gasteiger partial charge in [-0.1, -0.05) is 84.1 Å². The molecule has 2 nitrogen and oxygen atoms in total. The van der Waals surface area contributed by atoms with Crippen LogP contribution in [0.1, 0.15) is 104 Å². The van der Waals surface area contributed by atoms with E-state index in [9.17, 15) is 4.79 Å². The van der Waals surface area contributed by atoms with Gasteiger partial charge >= 0.3 is 0 Å². The molecule has 2 N–H and O–H groups in total. The zero-order chi connectivity index (χ0) is 15.8. The molecule has 1 amide bonds. The van der Waals surface area contributed by atoms with Gasteiger partial charge < -0.3 is 5.73 Å². The first kappa shape index (κ1) is 20.2. The second-order valence-corrected chi connectivity index (χ2v) is 6.17. The topological polar surface area (TPSA) is 43.1 Å². The van der Waals surface area contributed by atoms with Crippen molar-refractivity contribution in [3.05, 3.63) is 11.6 Å². The van der Waals surface area contributed by atoms with E-state index in [1.807, 2.05) is 0 Å². The third-order valence-electron chi connectivity index (χ3n) is 4.06. The van der Waals surface area contributed by atoms with Crippen LogP contribution in [0.15, 0.2) is 11.6 Å². The zero-order valence-corrected chi connectivity index (χ0v) is 14.5. The summed E-state index contributed by atoms with van der Waals surface area (Å²) in [5, 5.41) is 0. The van der Waals surface area contributed by atoms with Crippen molar-refractivity contribution in [3.8, 4) is 0 Å². The Morgan fingerprint density at radius 2 is 1.24 bits per heavy atom. The minimum atomic E-state index is -0.213. The number of amides is 1. The van der Waals surface area contributed by atoms with E-state index in [4.69, 9.17) is 5.73 Å². The number of primary amides is 1. The normalized spacial score (nSPS) is 11.8. The average molecular weight is 296 g/mol. The molecule has 0 saturated heterocycles. The van der Waals surface area contributed by atoms with Crippen LogP contribution >= 0.6 is 0 Å². The van der Waals surface area contributed by atoms with Gasteiger partial charge in [0.2, 0.25) is 5.91 Å². The van der Waals surface area contributed by atoms with Crippen molar-refractivity contribution in [2.75, 3.05) is 0 Å². The van der Waals surface area contributed by atoms with Gasteiger partial charge in [-0.15, -0.1) is 0 Å². The summed E-state index contributed by atoms with van der Waals surface area (Å²) in [6.07, 6.45) is 19.3. The quantitative estimate of drug-likeness (QED) is 0.296. The Bertz CT molecular complexity index is 271. The fraction of sp³-hybridized carbons (Fsp3) is 0.842. The highest BCUT2D eigenvalue weighted by Crippen LogP contribution is 2.14. The van der Waals surface area contributed by atoms with E-state index >= 15 is 0 Å². The number of hydrogen-bond acceptors (Lipinski definition) is 1. The number of carbonyl (C=O) groups excluding carboxylic acids is 1. The molecule has 124 valence electrons. The van der Waals surface area contributed by atoms with E-state index in [1.165, 1.54) is 70.6 Å². The second-order valence-electron chi connectivity index (χ2n) is 6.17. The Kier molecular flexibility index (Phi) is 15.0. The fourth-order valence-electron chi connectivity index (χ4n) is 2.62. The summed E-state index contributed by atoms with van der Waals surface area (Å²) >= 11 is 0. The molecular formula is C19H37NO. The van der Waals surface area contributed by atoms with E-state index < -0.39 is 0 Å². The maximum Gasteiger partial charge on any atom is 0.244 e. The minimum Gasteiger partial charge on any atom is -0.366 e.